The zero-order valence-electron chi connectivity index (χ0n) is 18.3. The van der Waals surface area contributed by atoms with Gasteiger partial charge in [0, 0.05) is 17.7 Å². The molecule has 0 bridgehead atoms. The van der Waals surface area contributed by atoms with Crippen molar-refractivity contribution in [3.05, 3.63) is 74.7 Å². The number of ether oxygens (including phenoxy) is 2. The fraction of sp³-hybridized carbons (Fsp3) is 0.261. The van der Waals surface area contributed by atoms with Crippen LogP contribution in [0.5, 0.6) is 5.75 Å². The van der Waals surface area contributed by atoms with Crippen LogP contribution >= 0.6 is 11.8 Å². The maximum atomic E-state index is 12.7. The van der Waals surface area contributed by atoms with Gasteiger partial charge >= 0.3 is 5.97 Å². The average molecular weight is 471 g/mol. The van der Waals surface area contributed by atoms with E-state index < -0.39 is 34.2 Å². The molecule has 0 aliphatic carbocycles. The quantitative estimate of drug-likeness (QED) is 0.250. The number of hydrogen-bond acceptors (Lipinski definition) is 8. The van der Waals surface area contributed by atoms with E-state index >= 15 is 0 Å². The largest absolute Gasteiger partial charge is 0.488 e. The molecule has 1 fully saturated rings. The van der Waals surface area contributed by atoms with Crippen molar-refractivity contribution in [1.82, 2.24) is 4.90 Å². The van der Waals surface area contributed by atoms with Crippen molar-refractivity contribution < 1.29 is 28.8 Å². The number of para-hydroxylation sites is 1. The van der Waals surface area contributed by atoms with Crippen molar-refractivity contribution >= 4 is 40.6 Å². The van der Waals surface area contributed by atoms with Crippen LogP contribution in [0.15, 0.2) is 53.4 Å². The Morgan fingerprint density at radius 3 is 2.42 bits per heavy atom. The molecule has 1 heterocycles. The summed E-state index contributed by atoms with van der Waals surface area (Å²) < 4.78 is 11.0. The number of non-ortho nitro benzene ring substituents is 1. The summed E-state index contributed by atoms with van der Waals surface area (Å²) in [7, 11) is 0. The van der Waals surface area contributed by atoms with Gasteiger partial charge in [-0.3, -0.25) is 29.4 Å². The number of imide groups is 1. The van der Waals surface area contributed by atoms with Crippen LogP contribution in [0.25, 0.3) is 6.08 Å². The second-order valence-corrected chi connectivity index (χ2v) is 9.10. The Morgan fingerprint density at radius 1 is 1.12 bits per heavy atom. The monoisotopic (exact) mass is 470 g/mol. The van der Waals surface area contributed by atoms with E-state index in [1.165, 1.54) is 18.2 Å². The van der Waals surface area contributed by atoms with E-state index in [-0.39, 0.29) is 17.2 Å². The first-order valence-corrected chi connectivity index (χ1v) is 10.8. The fourth-order valence-electron chi connectivity index (χ4n) is 2.89. The second kappa shape index (κ2) is 9.86. The second-order valence-electron chi connectivity index (χ2n) is 8.10. The number of esters is 1. The molecule has 1 aliphatic rings. The average Bonchev–Trinajstić information content (AvgIpc) is 2.99. The number of carbonyl (C=O) groups excluding carboxylic acids is 3. The molecule has 0 aromatic heterocycles. The summed E-state index contributed by atoms with van der Waals surface area (Å²) >= 11 is 0.735. The minimum absolute atomic E-state index is 0.0127. The van der Waals surface area contributed by atoms with Gasteiger partial charge in [0.2, 0.25) is 0 Å². The van der Waals surface area contributed by atoms with Gasteiger partial charge in [-0.25, -0.2) is 0 Å². The van der Waals surface area contributed by atoms with E-state index in [0.29, 0.717) is 11.3 Å². The number of amides is 2. The highest BCUT2D eigenvalue weighted by atomic mass is 32.2. The van der Waals surface area contributed by atoms with Crippen molar-refractivity contribution in [2.75, 3.05) is 6.54 Å². The van der Waals surface area contributed by atoms with Crippen molar-refractivity contribution in [1.29, 1.82) is 0 Å². The van der Waals surface area contributed by atoms with Crippen LogP contribution in [0.1, 0.15) is 31.9 Å². The van der Waals surface area contributed by atoms with E-state index in [1.807, 2.05) is 0 Å². The Hall–Kier alpha value is -3.66. The predicted molar refractivity (Wildman–Crippen MR) is 122 cm³/mol. The molecule has 172 valence electrons. The lowest BCUT2D eigenvalue weighted by Gasteiger charge is -2.21. The van der Waals surface area contributed by atoms with Crippen molar-refractivity contribution in [3.8, 4) is 5.75 Å². The van der Waals surface area contributed by atoms with Crippen LogP contribution in [0.3, 0.4) is 0 Å². The van der Waals surface area contributed by atoms with E-state index in [0.717, 1.165) is 22.2 Å². The van der Waals surface area contributed by atoms with Gasteiger partial charge in [-0.2, -0.15) is 0 Å². The lowest BCUT2D eigenvalue weighted by atomic mass is 10.1. The van der Waals surface area contributed by atoms with Crippen LogP contribution in [-0.4, -0.2) is 39.1 Å². The molecular weight excluding hydrogens is 448 g/mol. The van der Waals surface area contributed by atoms with Gasteiger partial charge in [-0.15, -0.1) is 0 Å². The molecule has 1 saturated heterocycles. The van der Waals surface area contributed by atoms with E-state index in [4.69, 9.17) is 9.47 Å². The normalized spacial score (nSPS) is 15.1. The molecule has 0 saturated carbocycles. The van der Waals surface area contributed by atoms with Crippen molar-refractivity contribution in [2.45, 2.75) is 33.0 Å². The molecule has 0 spiro atoms. The third kappa shape index (κ3) is 6.42. The Labute approximate surface area is 194 Å². The SMILES string of the molecule is CC(C)(C)OC(=O)CN1C(=O)SC(=Cc2ccccc2OCc2ccc([N+](=O)[O-])cc2)C1=O. The number of nitrogens with zero attached hydrogens (tertiary/aromatic N) is 2. The Morgan fingerprint density at radius 2 is 1.79 bits per heavy atom. The van der Waals surface area contributed by atoms with Gasteiger partial charge in [0.1, 0.15) is 24.5 Å². The number of benzene rings is 2. The molecular formula is C23H22N2O7S. The Bertz CT molecular complexity index is 1120. The summed E-state index contributed by atoms with van der Waals surface area (Å²) in [5.74, 6) is -0.784. The van der Waals surface area contributed by atoms with E-state index in [2.05, 4.69) is 0 Å². The Kier molecular flexibility index (Phi) is 7.17. The summed E-state index contributed by atoms with van der Waals surface area (Å²) in [6.45, 7) is 4.80. The molecule has 3 rings (SSSR count). The zero-order chi connectivity index (χ0) is 24.2. The molecule has 10 heteroatoms. The highest BCUT2D eigenvalue weighted by Gasteiger charge is 2.37. The molecule has 1 aliphatic heterocycles. The maximum absolute atomic E-state index is 12.7. The standard InChI is InChI=1S/C23H22N2O7S/c1-23(2,3)32-20(26)13-24-21(27)19(33-22(24)28)12-16-6-4-5-7-18(16)31-14-15-8-10-17(11-9-15)25(29)30/h4-12H,13-14H2,1-3H3. The summed E-state index contributed by atoms with van der Waals surface area (Å²) in [6.07, 6.45) is 1.53. The number of thioether (sulfide) groups is 1. The molecule has 0 unspecified atom stereocenters. The molecule has 0 atom stereocenters. The van der Waals surface area contributed by atoms with Gasteiger partial charge in [-0.1, -0.05) is 18.2 Å². The van der Waals surface area contributed by atoms with Crippen LogP contribution in [-0.2, 0) is 20.9 Å². The first-order chi connectivity index (χ1) is 15.5. The van der Waals surface area contributed by atoms with E-state index in [9.17, 15) is 24.5 Å². The van der Waals surface area contributed by atoms with Crippen molar-refractivity contribution in [3.63, 3.8) is 0 Å². The zero-order valence-corrected chi connectivity index (χ0v) is 19.1. The number of nitro groups is 1. The van der Waals surface area contributed by atoms with Crippen LogP contribution < -0.4 is 4.74 Å². The van der Waals surface area contributed by atoms with Gasteiger partial charge in [0.25, 0.3) is 16.8 Å². The number of nitro benzene ring substituents is 1. The van der Waals surface area contributed by atoms with Gasteiger partial charge in [0.05, 0.1) is 9.83 Å². The number of hydrogen-bond donors (Lipinski definition) is 0. The van der Waals surface area contributed by atoms with Crippen LogP contribution in [0, 0.1) is 10.1 Å². The third-order valence-electron chi connectivity index (χ3n) is 4.33. The topological polar surface area (TPSA) is 116 Å². The number of rotatable bonds is 7. The lowest BCUT2D eigenvalue weighted by molar-refractivity contribution is -0.384. The smallest absolute Gasteiger partial charge is 0.326 e. The first kappa shape index (κ1) is 24.0. The molecule has 2 aromatic carbocycles. The summed E-state index contributed by atoms with van der Waals surface area (Å²) in [4.78, 5) is 48.4. The van der Waals surface area contributed by atoms with Crippen LogP contribution in [0.4, 0.5) is 10.5 Å². The summed E-state index contributed by atoms with van der Waals surface area (Å²) in [5.41, 5.74) is 0.561. The maximum Gasteiger partial charge on any atom is 0.326 e. The Balaban J connectivity index is 1.72. The first-order valence-electron chi connectivity index (χ1n) is 9.96. The molecule has 0 radical (unpaired) electrons. The molecule has 33 heavy (non-hydrogen) atoms. The molecule has 2 aromatic rings. The van der Waals surface area contributed by atoms with Gasteiger partial charge < -0.3 is 9.47 Å². The number of carbonyl (C=O) groups is 3. The lowest BCUT2D eigenvalue weighted by Crippen LogP contribution is -2.37. The minimum Gasteiger partial charge on any atom is -0.488 e. The highest BCUT2D eigenvalue weighted by molar-refractivity contribution is 8.18. The summed E-state index contributed by atoms with van der Waals surface area (Å²) in [6, 6.07) is 12.9. The van der Waals surface area contributed by atoms with Gasteiger partial charge in [0.15, 0.2) is 0 Å². The highest BCUT2D eigenvalue weighted by Crippen LogP contribution is 2.34. The van der Waals surface area contributed by atoms with Crippen molar-refractivity contribution in [2.24, 2.45) is 0 Å². The molecule has 0 N–H and O–H groups in total. The predicted octanol–water partition coefficient (Wildman–Crippen LogP) is 4.55. The molecule has 2 amide bonds. The minimum atomic E-state index is -0.728. The molecule has 9 nitrogen and oxygen atoms in total. The van der Waals surface area contributed by atoms with Crippen LogP contribution in [0.2, 0.25) is 0 Å². The fourth-order valence-corrected chi connectivity index (χ4v) is 3.72. The van der Waals surface area contributed by atoms with E-state index in [1.54, 1.807) is 57.2 Å². The third-order valence-corrected chi connectivity index (χ3v) is 5.24. The van der Waals surface area contributed by atoms with Gasteiger partial charge in [-0.05, 0) is 62.4 Å². The summed E-state index contributed by atoms with van der Waals surface area (Å²) in [5, 5.41) is 10.2.